The number of hydrogen-bond donors (Lipinski definition) is 1. The Kier molecular flexibility index (Phi) is 4.58. The molecule has 0 saturated heterocycles. The molecule has 0 aliphatic heterocycles. The van der Waals surface area contributed by atoms with Crippen LogP contribution in [0.15, 0.2) is 29.2 Å². The van der Waals surface area contributed by atoms with E-state index in [0.717, 1.165) is 17.7 Å². The maximum absolute atomic E-state index is 12.2. The summed E-state index contributed by atoms with van der Waals surface area (Å²) in [6.45, 7) is 0. The van der Waals surface area contributed by atoms with Crippen LogP contribution in [-0.2, 0) is 4.79 Å². The minimum Gasteiger partial charge on any atom is -0.320 e. The minimum absolute atomic E-state index is 0.486. The summed E-state index contributed by atoms with van der Waals surface area (Å²) in [6, 6.07) is 7.12. The lowest BCUT2D eigenvalue weighted by atomic mass is 10.3. The van der Waals surface area contributed by atoms with Gasteiger partial charge in [-0.1, -0.05) is 25.0 Å². The first-order valence-electron chi connectivity index (χ1n) is 6.01. The van der Waals surface area contributed by atoms with Crippen LogP contribution in [0.25, 0.3) is 0 Å². The second-order valence-corrected chi connectivity index (χ2v) is 5.65. The van der Waals surface area contributed by atoms with E-state index in [-0.39, 0.29) is 0 Å². The molecule has 0 heterocycles. The van der Waals surface area contributed by atoms with Crippen molar-refractivity contribution >= 4 is 23.4 Å². The molecule has 1 aromatic carbocycles. The first-order valence-corrected chi connectivity index (χ1v) is 6.89. The molecule has 5 heteroatoms. The first-order chi connectivity index (χ1) is 8.66. The monoisotopic (exact) mass is 271 g/mol. The molecule has 1 aliphatic rings. The lowest BCUT2D eigenvalue weighted by molar-refractivity contribution is -0.126. The van der Waals surface area contributed by atoms with E-state index in [1.54, 1.807) is 23.9 Å². The van der Waals surface area contributed by atoms with Gasteiger partial charge >= 0.3 is 6.43 Å². The van der Waals surface area contributed by atoms with Crippen molar-refractivity contribution in [3.63, 3.8) is 0 Å². The van der Waals surface area contributed by atoms with Crippen LogP contribution in [0, 0.1) is 0 Å². The fourth-order valence-electron chi connectivity index (χ4n) is 2.05. The SMILES string of the molecule is O=C(Nc1ccccc1SC1CCCC1)C(F)F. The molecule has 18 heavy (non-hydrogen) atoms. The van der Waals surface area contributed by atoms with Gasteiger partial charge in [0.1, 0.15) is 0 Å². The Bertz CT molecular complexity index is 419. The van der Waals surface area contributed by atoms with Crippen LogP contribution >= 0.6 is 11.8 Å². The Morgan fingerprint density at radius 1 is 1.28 bits per heavy atom. The highest BCUT2D eigenvalue weighted by Gasteiger charge is 2.20. The number of thioether (sulfide) groups is 1. The van der Waals surface area contributed by atoms with Gasteiger partial charge < -0.3 is 5.32 Å². The lowest BCUT2D eigenvalue weighted by Gasteiger charge is -2.13. The summed E-state index contributed by atoms with van der Waals surface area (Å²) in [6.07, 6.45) is 1.78. The summed E-state index contributed by atoms with van der Waals surface area (Å²) in [4.78, 5) is 11.9. The Labute approximate surface area is 109 Å². The molecule has 1 amide bonds. The Hall–Kier alpha value is -1.10. The predicted molar refractivity (Wildman–Crippen MR) is 69.2 cm³/mol. The average Bonchev–Trinajstić information content (AvgIpc) is 2.84. The second kappa shape index (κ2) is 6.18. The number of carbonyl (C=O) groups is 1. The fourth-order valence-corrected chi connectivity index (χ4v) is 3.38. The van der Waals surface area contributed by atoms with Gasteiger partial charge in [0.15, 0.2) is 0 Å². The van der Waals surface area contributed by atoms with Crippen molar-refractivity contribution in [2.24, 2.45) is 0 Å². The fraction of sp³-hybridized carbons (Fsp3) is 0.462. The lowest BCUT2D eigenvalue weighted by Crippen LogP contribution is -2.20. The average molecular weight is 271 g/mol. The third-order valence-corrected chi connectivity index (χ3v) is 4.35. The number of benzene rings is 1. The van der Waals surface area contributed by atoms with Gasteiger partial charge in [0.25, 0.3) is 5.91 Å². The van der Waals surface area contributed by atoms with E-state index in [1.807, 2.05) is 12.1 Å². The van der Waals surface area contributed by atoms with E-state index in [1.165, 1.54) is 12.8 Å². The van der Waals surface area contributed by atoms with Gasteiger partial charge in [0.2, 0.25) is 0 Å². The number of nitrogens with one attached hydrogen (secondary N) is 1. The first kappa shape index (κ1) is 13.3. The largest absolute Gasteiger partial charge is 0.320 e. The zero-order valence-electron chi connectivity index (χ0n) is 9.86. The molecule has 1 aliphatic carbocycles. The molecule has 0 spiro atoms. The highest BCUT2D eigenvalue weighted by molar-refractivity contribution is 8.00. The van der Waals surface area contributed by atoms with Crippen molar-refractivity contribution in [2.45, 2.75) is 42.3 Å². The van der Waals surface area contributed by atoms with E-state index in [4.69, 9.17) is 0 Å². The summed E-state index contributed by atoms with van der Waals surface area (Å²) in [5.41, 5.74) is 0.486. The van der Waals surface area contributed by atoms with Gasteiger partial charge in [0, 0.05) is 10.1 Å². The Balaban J connectivity index is 2.07. The molecule has 0 radical (unpaired) electrons. The van der Waals surface area contributed by atoms with Gasteiger partial charge in [-0.2, -0.15) is 8.78 Å². The summed E-state index contributed by atoms with van der Waals surface area (Å²) in [5, 5.41) is 2.81. The normalized spacial score (nSPS) is 16.2. The standard InChI is InChI=1S/C13H15F2NOS/c14-12(15)13(17)16-10-7-3-4-8-11(10)18-9-5-1-2-6-9/h3-4,7-9,12H,1-2,5-6H2,(H,16,17). The minimum atomic E-state index is -2.98. The summed E-state index contributed by atoms with van der Waals surface area (Å²) >= 11 is 1.67. The van der Waals surface area contributed by atoms with Crippen molar-refractivity contribution in [1.29, 1.82) is 0 Å². The molecule has 0 unspecified atom stereocenters. The van der Waals surface area contributed by atoms with Crippen molar-refractivity contribution in [3.8, 4) is 0 Å². The Morgan fingerprint density at radius 3 is 2.61 bits per heavy atom. The van der Waals surface area contributed by atoms with Crippen LogP contribution in [0.3, 0.4) is 0 Å². The van der Waals surface area contributed by atoms with Gasteiger partial charge in [-0.3, -0.25) is 4.79 Å². The van der Waals surface area contributed by atoms with E-state index in [2.05, 4.69) is 5.32 Å². The zero-order valence-corrected chi connectivity index (χ0v) is 10.7. The van der Waals surface area contributed by atoms with E-state index in [9.17, 15) is 13.6 Å². The van der Waals surface area contributed by atoms with Crippen molar-refractivity contribution in [3.05, 3.63) is 24.3 Å². The van der Waals surface area contributed by atoms with Crippen LogP contribution < -0.4 is 5.32 Å². The van der Waals surface area contributed by atoms with E-state index >= 15 is 0 Å². The van der Waals surface area contributed by atoms with Gasteiger partial charge in [-0.25, -0.2) is 0 Å². The molecule has 1 aromatic rings. The van der Waals surface area contributed by atoms with E-state index in [0.29, 0.717) is 10.9 Å². The number of alkyl halides is 2. The maximum atomic E-state index is 12.2. The molecule has 2 rings (SSSR count). The topological polar surface area (TPSA) is 29.1 Å². The smallest absolute Gasteiger partial charge is 0.315 e. The molecule has 0 atom stereocenters. The number of rotatable bonds is 4. The molecular formula is C13H15F2NOS. The third-order valence-electron chi connectivity index (χ3n) is 2.94. The van der Waals surface area contributed by atoms with Gasteiger partial charge in [-0.05, 0) is 25.0 Å². The van der Waals surface area contributed by atoms with Crippen LogP contribution in [0.2, 0.25) is 0 Å². The van der Waals surface area contributed by atoms with Crippen molar-refractivity contribution < 1.29 is 13.6 Å². The van der Waals surface area contributed by atoms with E-state index < -0.39 is 12.3 Å². The number of halogens is 2. The van der Waals surface area contributed by atoms with Crippen LogP contribution in [-0.4, -0.2) is 17.6 Å². The number of hydrogen-bond acceptors (Lipinski definition) is 2. The van der Waals surface area contributed by atoms with Crippen LogP contribution in [0.4, 0.5) is 14.5 Å². The summed E-state index contributed by atoms with van der Waals surface area (Å²) in [5.74, 6) is -1.24. The highest BCUT2D eigenvalue weighted by atomic mass is 32.2. The van der Waals surface area contributed by atoms with Crippen molar-refractivity contribution in [1.82, 2.24) is 0 Å². The molecule has 0 aromatic heterocycles. The third kappa shape index (κ3) is 3.45. The quantitative estimate of drug-likeness (QED) is 0.899. The van der Waals surface area contributed by atoms with Gasteiger partial charge in [-0.15, -0.1) is 11.8 Å². The second-order valence-electron chi connectivity index (χ2n) is 4.31. The van der Waals surface area contributed by atoms with Crippen molar-refractivity contribution in [2.75, 3.05) is 5.32 Å². The number of para-hydroxylation sites is 1. The maximum Gasteiger partial charge on any atom is 0.315 e. The summed E-state index contributed by atoms with van der Waals surface area (Å²) < 4.78 is 24.5. The number of amides is 1. The molecule has 1 N–H and O–H groups in total. The molecule has 1 saturated carbocycles. The highest BCUT2D eigenvalue weighted by Crippen LogP contribution is 2.38. The summed E-state index contributed by atoms with van der Waals surface area (Å²) in [7, 11) is 0. The Morgan fingerprint density at radius 2 is 1.94 bits per heavy atom. The molecule has 1 fully saturated rings. The number of carbonyl (C=O) groups excluding carboxylic acids is 1. The van der Waals surface area contributed by atoms with Crippen LogP contribution in [0.1, 0.15) is 25.7 Å². The zero-order chi connectivity index (χ0) is 13.0. The molecule has 2 nitrogen and oxygen atoms in total. The number of anilines is 1. The molecular weight excluding hydrogens is 256 g/mol. The predicted octanol–water partition coefficient (Wildman–Crippen LogP) is 3.92. The molecule has 0 bridgehead atoms. The van der Waals surface area contributed by atoms with Gasteiger partial charge in [0.05, 0.1) is 5.69 Å². The van der Waals surface area contributed by atoms with Crippen LogP contribution in [0.5, 0.6) is 0 Å². The molecule has 98 valence electrons.